The third-order valence-corrected chi connectivity index (χ3v) is 3.87. The molecule has 1 aromatic rings. The number of piperidine rings is 1. The lowest BCUT2D eigenvalue weighted by Crippen LogP contribution is -2.50. The predicted octanol–water partition coefficient (Wildman–Crippen LogP) is 2.18. The highest BCUT2D eigenvalue weighted by molar-refractivity contribution is 5.81. The molecule has 0 radical (unpaired) electrons. The standard InChI is InChI=1S/C16H24N2O2/c1-12-5-4-6-15(17-12)16(19)18(2)11-13-7-9-14(20-3)10-8-13/h7-10,12,15,17H,4-6,11H2,1-3H3. The molecule has 1 saturated heterocycles. The number of amides is 1. The molecule has 110 valence electrons. The minimum absolute atomic E-state index is 0.0259. The molecule has 2 rings (SSSR count). The Kier molecular flexibility index (Phi) is 5.01. The number of likely N-dealkylation sites (N-methyl/N-ethyl adjacent to an activating group) is 1. The molecule has 1 aliphatic rings. The topological polar surface area (TPSA) is 41.6 Å². The molecule has 20 heavy (non-hydrogen) atoms. The largest absolute Gasteiger partial charge is 0.497 e. The van der Waals surface area contributed by atoms with Crippen molar-refractivity contribution in [3.8, 4) is 5.75 Å². The lowest BCUT2D eigenvalue weighted by Gasteiger charge is -2.31. The average Bonchev–Trinajstić information content (AvgIpc) is 2.47. The van der Waals surface area contributed by atoms with Gasteiger partial charge in [-0.1, -0.05) is 12.1 Å². The van der Waals surface area contributed by atoms with Crippen LogP contribution in [0.5, 0.6) is 5.75 Å². The first-order valence-corrected chi connectivity index (χ1v) is 7.24. The number of carbonyl (C=O) groups excluding carboxylic acids is 1. The normalized spacial score (nSPS) is 22.4. The van der Waals surface area contributed by atoms with Crippen LogP contribution in [0, 0.1) is 0 Å². The van der Waals surface area contributed by atoms with Crippen molar-refractivity contribution in [3.63, 3.8) is 0 Å². The second-order valence-electron chi connectivity index (χ2n) is 5.59. The summed E-state index contributed by atoms with van der Waals surface area (Å²) in [5, 5.41) is 3.39. The smallest absolute Gasteiger partial charge is 0.239 e. The zero-order valence-electron chi connectivity index (χ0n) is 12.6. The van der Waals surface area contributed by atoms with E-state index in [9.17, 15) is 4.79 Å². The highest BCUT2D eigenvalue weighted by Gasteiger charge is 2.26. The highest BCUT2D eigenvalue weighted by atomic mass is 16.5. The van der Waals surface area contributed by atoms with Crippen LogP contribution in [0.15, 0.2) is 24.3 Å². The van der Waals surface area contributed by atoms with Crippen molar-refractivity contribution in [1.29, 1.82) is 0 Å². The van der Waals surface area contributed by atoms with Crippen LogP contribution in [0.3, 0.4) is 0 Å². The molecule has 0 saturated carbocycles. The Morgan fingerprint density at radius 1 is 1.35 bits per heavy atom. The van der Waals surface area contributed by atoms with Gasteiger partial charge in [0, 0.05) is 19.6 Å². The zero-order chi connectivity index (χ0) is 14.5. The van der Waals surface area contributed by atoms with Gasteiger partial charge in [0.1, 0.15) is 5.75 Å². The van der Waals surface area contributed by atoms with E-state index in [1.165, 1.54) is 0 Å². The molecule has 4 nitrogen and oxygen atoms in total. The summed E-state index contributed by atoms with van der Waals surface area (Å²) in [7, 11) is 3.52. The lowest BCUT2D eigenvalue weighted by atomic mass is 9.98. The maximum atomic E-state index is 12.4. The van der Waals surface area contributed by atoms with Gasteiger partial charge in [-0.2, -0.15) is 0 Å². The first kappa shape index (κ1) is 14.9. The van der Waals surface area contributed by atoms with Gasteiger partial charge < -0.3 is 15.0 Å². The van der Waals surface area contributed by atoms with Gasteiger partial charge in [-0.25, -0.2) is 0 Å². The van der Waals surface area contributed by atoms with Crippen LogP contribution in [0.25, 0.3) is 0 Å². The predicted molar refractivity (Wildman–Crippen MR) is 79.7 cm³/mol. The average molecular weight is 276 g/mol. The van der Waals surface area contributed by atoms with Crippen LogP contribution >= 0.6 is 0 Å². The highest BCUT2D eigenvalue weighted by Crippen LogP contribution is 2.16. The van der Waals surface area contributed by atoms with Gasteiger partial charge in [0.15, 0.2) is 0 Å². The van der Waals surface area contributed by atoms with Crippen molar-refractivity contribution in [1.82, 2.24) is 10.2 Å². The van der Waals surface area contributed by atoms with Crippen LogP contribution in [0.2, 0.25) is 0 Å². The molecule has 0 bridgehead atoms. The molecule has 1 heterocycles. The second kappa shape index (κ2) is 6.75. The van der Waals surface area contributed by atoms with Crippen molar-refractivity contribution in [2.75, 3.05) is 14.2 Å². The van der Waals surface area contributed by atoms with E-state index < -0.39 is 0 Å². The fourth-order valence-electron chi connectivity index (χ4n) is 2.68. The quantitative estimate of drug-likeness (QED) is 0.916. The number of rotatable bonds is 4. The van der Waals surface area contributed by atoms with Crippen molar-refractivity contribution < 1.29 is 9.53 Å². The van der Waals surface area contributed by atoms with Gasteiger partial charge in [-0.15, -0.1) is 0 Å². The Morgan fingerprint density at radius 2 is 2.05 bits per heavy atom. The van der Waals surface area contributed by atoms with Gasteiger partial charge in [-0.05, 0) is 43.9 Å². The molecular weight excluding hydrogens is 252 g/mol. The van der Waals surface area contributed by atoms with E-state index in [1.54, 1.807) is 12.0 Å². The molecule has 0 aliphatic carbocycles. The maximum Gasteiger partial charge on any atom is 0.239 e. The number of ether oxygens (including phenoxy) is 1. The summed E-state index contributed by atoms with van der Waals surface area (Å²) in [4.78, 5) is 14.2. The van der Waals surface area contributed by atoms with Crippen molar-refractivity contribution in [3.05, 3.63) is 29.8 Å². The molecule has 2 atom stereocenters. The van der Waals surface area contributed by atoms with E-state index in [0.717, 1.165) is 30.6 Å². The minimum Gasteiger partial charge on any atom is -0.497 e. The number of nitrogens with one attached hydrogen (secondary N) is 1. The third-order valence-electron chi connectivity index (χ3n) is 3.87. The van der Waals surface area contributed by atoms with Crippen molar-refractivity contribution >= 4 is 5.91 Å². The van der Waals surface area contributed by atoms with Crippen LogP contribution in [-0.4, -0.2) is 37.0 Å². The molecule has 1 fully saturated rings. The number of methoxy groups -OCH3 is 1. The van der Waals surface area contributed by atoms with E-state index in [0.29, 0.717) is 12.6 Å². The van der Waals surface area contributed by atoms with E-state index in [4.69, 9.17) is 4.74 Å². The Labute approximate surface area is 121 Å². The summed E-state index contributed by atoms with van der Waals surface area (Å²) in [6, 6.07) is 8.26. The van der Waals surface area contributed by atoms with Gasteiger partial charge in [0.2, 0.25) is 5.91 Å². The Hall–Kier alpha value is -1.55. The minimum atomic E-state index is -0.0259. The SMILES string of the molecule is COc1ccc(CN(C)C(=O)C2CCCC(C)N2)cc1. The lowest BCUT2D eigenvalue weighted by molar-refractivity contribution is -0.133. The zero-order valence-corrected chi connectivity index (χ0v) is 12.6. The first-order valence-electron chi connectivity index (χ1n) is 7.24. The molecule has 1 N–H and O–H groups in total. The molecule has 0 spiro atoms. The van der Waals surface area contributed by atoms with Gasteiger partial charge in [0.05, 0.1) is 13.2 Å². The molecule has 4 heteroatoms. The molecule has 1 aromatic carbocycles. The monoisotopic (exact) mass is 276 g/mol. The van der Waals surface area contributed by atoms with E-state index in [1.807, 2.05) is 31.3 Å². The molecular formula is C16H24N2O2. The van der Waals surface area contributed by atoms with E-state index in [2.05, 4.69) is 12.2 Å². The summed E-state index contributed by atoms with van der Waals surface area (Å²) in [5.74, 6) is 1.03. The van der Waals surface area contributed by atoms with Gasteiger partial charge >= 0.3 is 0 Å². The molecule has 1 aliphatic heterocycles. The Balaban J connectivity index is 1.92. The summed E-state index contributed by atoms with van der Waals surface area (Å²) < 4.78 is 5.14. The summed E-state index contributed by atoms with van der Waals surface area (Å²) in [6.07, 6.45) is 3.23. The van der Waals surface area contributed by atoms with Gasteiger partial charge in [-0.3, -0.25) is 4.79 Å². The Bertz CT molecular complexity index is 444. The summed E-state index contributed by atoms with van der Waals surface area (Å²) in [6.45, 7) is 2.78. The van der Waals surface area contributed by atoms with Crippen LogP contribution in [0.4, 0.5) is 0 Å². The second-order valence-corrected chi connectivity index (χ2v) is 5.59. The van der Waals surface area contributed by atoms with Crippen LogP contribution in [-0.2, 0) is 11.3 Å². The third kappa shape index (κ3) is 3.73. The van der Waals surface area contributed by atoms with Crippen LogP contribution < -0.4 is 10.1 Å². The van der Waals surface area contributed by atoms with E-state index in [-0.39, 0.29) is 11.9 Å². The van der Waals surface area contributed by atoms with Crippen molar-refractivity contribution in [2.24, 2.45) is 0 Å². The van der Waals surface area contributed by atoms with E-state index >= 15 is 0 Å². The maximum absolute atomic E-state index is 12.4. The van der Waals surface area contributed by atoms with Gasteiger partial charge in [0.25, 0.3) is 0 Å². The fraction of sp³-hybridized carbons (Fsp3) is 0.562. The number of benzene rings is 1. The number of nitrogens with zero attached hydrogens (tertiary/aromatic N) is 1. The molecule has 1 amide bonds. The number of hydrogen-bond acceptors (Lipinski definition) is 3. The Morgan fingerprint density at radius 3 is 2.65 bits per heavy atom. The molecule has 0 aromatic heterocycles. The summed E-state index contributed by atoms with van der Waals surface area (Å²) in [5.41, 5.74) is 1.12. The first-order chi connectivity index (χ1) is 9.60. The number of hydrogen-bond donors (Lipinski definition) is 1. The van der Waals surface area contributed by atoms with Crippen molar-refractivity contribution in [2.45, 2.75) is 44.8 Å². The molecule has 2 unspecified atom stereocenters. The van der Waals surface area contributed by atoms with Crippen LogP contribution in [0.1, 0.15) is 31.7 Å². The fourth-order valence-corrected chi connectivity index (χ4v) is 2.68. The summed E-state index contributed by atoms with van der Waals surface area (Å²) >= 11 is 0. The number of carbonyl (C=O) groups is 1.